The number of carboxylic acids is 1. The number of halogens is 1. The number of anilines is 1. The summed E-state index contributed by atoms with van der Waals surface area (Å²) in [6.07, 6.45) is 0. The molecule has 0 aliphatic carbocycles. The van der Waals surface area contributed by atoms with Crippen LogP contribution in [0.3, 0.4) is 0 Å². The van der Waals surface area contributed by atoms with E-state index in [9.17, 15) is 4.79 Å². The number of nitrogens with one attached hydrogen (secondary N) is 1. The topological polar surface area (TPSA) is 73.1 Å². The molecule has 0 aromatic heterocycles. The summed E-state index contributed by atoms with van der Waals surface area (Å²) in [7, 11) is 0. The summed E-state index contributed by atoms with van der Waals surface area (Å²) in [5.74, 6) is -1.07. The summed E-state index contributed by atoms with van der Waals surface area (Å²) in [4.78, 5) is 11.0. The number of hydrogen-bond acceptors (Lipinski definition) is 3. The van der Waals surface area contributed by atoms with E-state index in [1.807, 2.05) is 12.1 Å². The van der Waals surface area contributed by atoms with Crippen molar-refractivity contribution in [3.8, 4) is 6.07 Å². The molecule has 2 aromatic rings. The quantitative estimate of drug-likeness (QED) is 0.902. The highest BCUT2D eigenvalue weighted by Gasteiger charge is 2.09. The highest BCUT2D eigenvalue weighted by Crippen LogP contribution is 2.21. The van der Waals surface area contributed by atoms with Crippen LogP contribution >= 0.6 is 11.6 Å². The fourth-order valence-electron chi connectivity index (χ4n) is 1.78. The summed E-state index contributed by atoms with van der Waals surface area (Å²) in [6.45, 7) is 0.435. The van der Waals surface area contributed by atoms with Crippen molar-refractivity contribution >= 4 is 23.3 Å². The van der Waals surface area contributed by atoms with Gasteiger partial charge in [-0.15, -0.1) is 0 Å². The van der Waals surface area contributed by atoms with Crippen molar-refractivity contribution in [1.29, 1.82) is 5.26 Å². The van der Waals surface area contributed by atoms with Gasteiger partial charge in [0.25, 0.3) is 0 Å². The van der Waals surface area contributed by atoms with Crippen molar-refractivity contribution in [2.24, 2.45) is 0 Å². The summed E-state index contributed by atoms with van der Waals surface area (Å²) >= 11 is 5.80. The first-order valence-electron chi connectivity index (χ1n) is 5.86. The van der Waals surface area contributed by atoms with Crippen molar-refractivity contribution in [2.75, 3.05) is 5.32 Å². The van der Waals surface area contributed by atoms with Gasteiger partial charge in [0, 0.05) is 12.2 Å². The van der Waals surface area contributed by atoms with E-state index in [-0.39, 0.29) is 10.6 Å². The summed E-state index contributed by atoms with van der Waals surface area (Å²) in [5.41, 5.74) is 2.12. The van der Waals surface area contributed by atoms with Gasteiger partial charge in [-0.3, -0.25) is 0 Å². The molecule has 0 heterocycles. The van der Waals surface area contributed by atoms with E-state index in [4.69, 9.17) is 22.0 Å². The van der Waals surface area contributed by atoms with Gasteiger partial charge in [0.05, 0.1) is 22.2 Å². The third-order valence-corrected chi connectivity index (χ3v) is 3.15. The Labute approximate surface area is 121 Å². The Kier molecular flexibility index (Phi) is 4.24. The zero-order valence-electron chi connectivity index (χ0n) is 10.4. The van der Waals surface area contributed by atoms with Gasteiger partial charge in [-0.2, -0.15) is 5.26 Å². The van der Waals surface area contributed by atoms with Crippen LogP contribution in [0, 0.1) is 11.3 Å². The molecule has 0 fully saturated rings. The Morgan fingerprint density at radius 3 is 2.75 bits per heavy atom. The van der Waals surface area contributed by atoms with Crippen LogP contribution in [0.5, 0.6) is 0 Å². The monoisotopic (exact) mass is 286 g/mol. The van der Waals surface area contributed by atoms with Crippen molar-refractivity contribution in [1.82, 2.24) is 0 Å². The molecule has 100 valence electrons. The molecular weight excluding hydrogens is 276 g/mol. The highest BCUT2D eigenvalue weighted by atomic mass is 35.5. The second-order valence-electron chi connectivity index (χ2n) is 4.12. The Morgan fingerprint density at radius 1 is 1.30 bits per heavy atom. The Hall–Kier alpha value is -2.51. The smallest absolute Gasteiger partial charge is 0.337 e. The van der Waals surface area contributed by atoms with E-state index in [1.54, 1.807) is 18.2 Å². The van der Waals surface area contributed by atoms with Crippen LogP contribution < -0.4 is 5.32 Å². The minimum Gasteiger partial charge on any atom is -0.478 e. The van der Waals surface area contributed by atoms with E-state index in [0.717, 1.165) is 5.56 Å². The number of rotatable bonds is 4. The molecule has 4 nitrogen and oxygen atoms in total. The Bertz CT molecular complexity index is 693. The van der Waals surface area contributed by atoms with Crippen molar-refractivity contribution in [2.45, 2.75) is 6.54 Å². The lowest BCUT2D eigenvalue weighted by atomic mass is 10.1. The fourth-order valence-corrected chi connectivity index (χ4v) is 1.98. The lowest BCUT2D eigenvalue weighted by molar-refractivity contribution is 0.0697. The number of carbonyl (C=O) groups is 1. The van der Waals surface area contributed by atoms with Crippen LogP contribution in [0.25, 0.3) is 0 Å². The fraction of sp³-hybridized carbons (Fsp3) is 0.0667. The molecule has 0 amide bonds. The van der Waals surface area contributed by atoms with Crippen LogP contribution in [-0.2, 0) is 6.54 Å². The zero-order valence-corrected chi connectivity index (χ0v) is 11.2. The first-order chi connectivity index (χ1) is 9.61. The Balaban J connectivity index is 2.18. The lowest BCUT2D eigenvalue weighted by Gasteiger charge is -2.09. The van der Waals surface area contributed by atoms with Gasteiger partial charge in [0.2, 0.25) is 0 Å². The maximum absolute atomic E-state index is 11.0. The molecule has 2 N–H and O–H groups in total. The van der Waals surface area contributed by atoms with E-state index >= 15 is 0 Å². The van der Waals surface area contributed by atoms with Gasteiger partial charge in [-0.05, 0) is 29.8 Å². The molecule has 2 aromatic carbocycles. The summed E-state index contributed by atoms with van der Waals surface area (Å²) in [6, 6.07) is 14.0. The summed E-state index contributed by atoms with van der Waals surface area (Å²) in [5, 5.41) is 21.3. The predicted molar refractivity (Wildman–Crippen MR) is 76.9 cm³/mol. The molecule has 0 saturated carbocycles. The van der Waals surface area contributed by atoms with Gasteiger partial charge in [0.15, 0.2) is 0 Å². The Morgan fingerprint density at radius 2 is 2.05 bits per heavy atom. The summed E-state index contributed by atoms with van der Waals surface area (Å²) < 4.78 is 0. The minimum atomic E-state index is -1.07. The number of carboxylic acid groups (broad SMARTS) is 1. The van der Waals surface area contributed by atoms with Crippen LogP contribution in [0.4, 0.5) is 5.69 Å². The minimum absolute atomic E-state index is 0.0465. The van der Waals surface area contributed by atoms with Crippen molar-refractivity contribution < 1.29 is 9.90 Å². The average Bonchev–Trinajstić information content (AvgIpc) is 2.46. The van der Waals surface area contributed by atoms with E-state index in [2.05, 4.69) is 11.4 Å². The second-order valence-corrected chi connectivity index (χ2v) is 4.53. The largest absolute Gasteiger partial charge is 0.478 e. The number of aromatic carboxylic acids is 1. The lowest BCUT2D eigenvalue weighted by Crippen LogP contribution is -2.04. The number of benzene rings is 2. The van der Waals surface area contributed by atoms with Crippen molar-refractivity contribution in [3.05, 3.63) is 64.2 Å². The first kappa shape index (κ1) is 13.9. The normalized spacial score (nSPS) is 9.80. The predicted octanol–water partition coefficient (Wildman–Crippen LogP) is 3.52. The molecule has 0 saturated heterocycles. The standard InChI is InChI=1S/C15H11ClN2O2/c16-14-6-5-12(7-13(14)15(19)20)18-9-11-4-2-1-3-10(11)8-17/h1-7,18H,9H2,(H,19,20). The van der Waals surface area contributed by atoms with Crippen LogP contribution in [0.1, 0.15) is 21.5 Å². The molecule has 0 bridgehead atoms. The molecule has 2 rings (SSSR count). The van der Waals surface area contributed by atoms with Gasteiger partial charge in [-0.25, -0.2) is 4.79 Å². The number of nitrogens with zero attached hydrogens (tertiary/aromatic N) is 1. The van der Waals surface area contributed by atoms with E-state index in [1.165, 1.54) is 12.1 Å². The number of hydrogen-bond donors (Lipinski definition) is 2. The third-order valence-electron chi connectivity index (χ3n) is 2.82. The molecule has 0 aliphatic heterocycles. The van der Waals surface area contributed by atoms with Crippen LogP contribution in [0.15, 0.2) is 42.5 Å². The first-order valence-corrected chi connectivity index (χ1v) is 6.24. The molecule has 0 radical (unpaired) electrons. The molecule has 20 heavy (non-hydrogen) atoms. The van der Waals surface area contributed by atoms with Crippen LogP contribution in [-0.4, -0.2) is 11.1 Å². The van der Waals surface area contributed by atoms with Gasteiger partial charge in [0.1, 0.15) is 0 Å². The second kappa shape index (κ2) is 6.09. The van der Waals surface area contributed by atoms with Gasteiger partial charge >= 0.3 is 5.97 Å². The SMILES string of the molecule is N#Cc1ccccc1CNc1ccc(Cl)c(C(=O)O)c1. The average molecular weight is 287 g/mol. The third kappa shape index (κ3) is 3.08. The highest BCUT2D eigenvalue weighted by molar-refractivity contribution is 6.33. The van der Waals surface area contributed by atoms with Crippen LogP contribution in [0.2, 0.25) is 5.02 Å². The number of nitriles is 1. The van der Waals surface area contributed by atoms with Gasteiger partial charge < -0.3 is 10.4 Å². The molecule has 0 unspecified atom stereocenters. The maximum atomic E-state index is 11.0. The molecular formula is C15H11ClN2O2. The van der Waals surface area contributed by atoms with Crippen molar-refractivity contribution in [3.63, 3.8) is 0 Å². The maximum Gasteiger partial charge on any atom is 0.337 e. The molecule has 0 aliphatic rings. The van der Waals surface area contributed by atoms with Gasteiger partial charge in [-0.1, -0.05) is 29.8 Å². The molecule has 0 spiro atoms. The van der Waals surface area contributed by atoms with E-state index in [0.29, 0.717) is 17.8 Å². The molecule has 5 heteroatoms. The molecule has 0 atom stereocenters. The van der Waals surface area contributed by atoms with E-state index < -0.39 is 5.97 Å². The zero-order chi connectivity index (χ0) is 14.5.